The first-order chi connectivity index (χ1) is 8.77. The first-order valence-electron chi connectivity index (χ1n) is 7.78. The van der Waals surface area contributed by atoms with Crippen molar-refractivity contribution in [1.82, 2.24) is 9.80 Å². The number of carbonyl (C=O) groups excluding carboxylic acids is 1. The van der Waals surface area contributed by atoms with Gasteiger partial charge in [-0.05, 0) is 52.1 Å². The van der Waals surface area contributed by atoms with Crippen LogP contribution in [0, 0.1) is 5.92 Å². The minimum absolute atomic E-state index is 0.359. The molecule has 2 heterocycles. The Kier molecular flexibility index (Phi) is 3.60. The molecule has 2 saturated heterocycles. The van der Waals surface area contributed by atoms with Gasteiger partial charge in [0.1, 0.15) is 0 Å². The lowest BCUT2D eigenvalue weighted by Crippen LogP contribution is -2.48. The van der Waals surface area contributed by atoms with Crippen LogP contribution in [0.3, 0.4) is 0 Å². The van der Waals surface area contributed by atoms with Crippen LogP contribution in [0.2, 0.25) is 0 Å². The van der Waals surface area contributed by atoms with E-state index < -0.39 is 0 Å². The summed E-state index contributed by atoms with van der Waals surface area (Å²) in [4.78, 5) is 17.4. The average Bonchev–Trinajstić information content (AvgIpc) is 3.09. The minimum atomic E-state index is 0.359. The average molecular weight is 250 g/mol. The highest BCUT2D eigenvalue weighted by molar-refractivity contribution is 5.79. The van der Waals surface area contributed by atoms with Crippen molar-refractivity contribution in [2.24, 2.45) is 5.92 Å². The first-order valence-corrected chi connectivity index (χ1v) is 7.78. The molecule has 0 spiro atoms. The number of likely N-dealkylation sites (N-methyl/N-ethyl adjacent to an activating group) is 1. The number of hydrogen-bond donors (Lipinski definition) is 0. The minimum Gasteiger partial charge on any atom is -0.338 e. The summed E-state index contributed by atoms with van der Waals surface area (Å²) in [6.07, 6.45) is 9.85. The summed E-state index contributed by atoms with van der Waals surface area (Å²) in [7, 11) is 2.23. The molecule has 0 bridgehead atoms. The second-order valence-corrected chi connectivity index (χ2v) is 6.41. The molecule has 0 unspecified atom stereocenters. The van der Waals surface area contributed by atoms with Crippen molar-refractivity contribution in [3.63, 3.8) is 0 Å². The lowest BCUT2D eigenvalue weighted by Gasteiger charge is -2.34. The predicted molar refractivity (Wildman–Crippen MR) is 72.3 cm³/mol. The Morgan fingerprint density at radius 2 is 1.56 bits per heavy atom. The molecule has 1 amide bonds. The molecule has 3 nitrogen and oxygen atoms in total. The van der Waals surface area contributed by atoms with Gasteiger partial charge in [0.05, 0.1) is 0 Å². The molecule has 0 aromatic carbocycles. The SMILES string of the molecule is CN1CCC[C@@H]1[C@H]1CCCN1C(=O)C1CCCC1. The van der Waals surface area contributed by atoms with Crippen molar-refractivity contribution in [3.8, 4) is 0 Å². The molecular formula is C15H26N2O. The molecule has 0 radical (unpaired) electrons. The van der Waals surface area contributed by atoms with E-state index in [0.717, 1.165) is 19.4 Å². The van der Waals surface area contributed by atoms with Gasteiger partial charge in [-0.3, -0.25) is 4.79 Å². The monoisotopic (exact) mass is 250 g/mol. The van der Waals surface area contributed by atoms with Gasteiger partial charge in [0.15, 0.2) is 0 Å². The Bertz CT molecular complexity index is 312. The predicted octanol–water partition coefficient (Wildman–Crippen LogP) is 2.26. The van der Waals surface area contributed by atoms with Crippen molar-refractivity contribution in [2.45, 2.75) is 63.5 Å². The molecule has 102 valence electrons. The molecule has 1 aliphatic carbocycles. The first kappa shape index (κ1) is 12.5. The summed E-state index contributed by atoms with van der Waals surface area (Å²) in [6, 6.07) is 1.16. The smallest absolute Gasteiger partial charge is 0.225 e. The number of rotatable bonds is 2. The fourth-order valence-electron chi connectivity index (χ4n) is 4.30. The molecule has 2 aliphatic heterocycles. The van der Waals surface area contributed by atoms with Gasteiger partial charge in [0.2, 0.25) is 5.91 Å². The van der Waals surface area contributed by atoms with Crippen LogP contribution in [0.25, 0.3) is 0 Å². The Labute approximate surface area is 111 Å². The molecule has 3 rings (SSSR count). The van der Waals surface area contributed by atoms with Crippen LogP contribution in [-0.2, 0) is 4.79 Å². The van der Waals surface area contributed by atoms with E-state index in [1.807, 2.05) is 0 Å². The van der Waals surface area contributed by atoms with Crippen molar-refractivity contribution < 1.29 is 4.79 Å². The van der Waals surface area contributed by atoms with E-state index in [4.69, 9.17) is 0 Å². The van der Waals surface area contributed by atoms with Crippen LogP contribution in [0.1, 0.15) is 51.4 Å². The molecule has 0 aromatic heterocycles. The maximum absolute atomic E-state index is 12.6. The van der Waals surface area contributed by atoms with Crippen LogP contribution >= 0.6 is 0 Å². The van der Waals surface area contributed by atoms with Gasteiger partial charge in [-0.25, -0.2) is 0 Å². The second kappa shape index (κ2) is 5.20. The van der Waals surface area contributed by atoms with Gasteiger partial charge < -0.3 is 9.80 Å². The second-order valence-electron chi connectivity index (χ2n) is 6.41. The molecule has 3 heteroatoms. The summed E-state index contributed by atoms with van der Waals surface area (Å²) in [6.45, 7) is 2.23. The zero-order valence-corrected chi connectivity index (χ0v) is 11.6. The van der Waals surface area contributed by atoms with Gasteiger partial charge in [0, 0.05) is 24.5 Å². The highest BCUT2D eigenvalue weighted by Crippen LogP contribution is 2.33. The van der Waals surface area contributed by atoms with E-state index >= 15 is 0 Å². The van der Waals surface area contributed by atoms with Crippen LogP contribution in [0.4, 0.5) is 0 Å². The van der Waals surface area contributed by atoms with Gasteiger partial charge in [-0.1, -0.05) is 12.8 Å². The Balaban J connectivity index is 1.68. The van der Waals surface area contributed by atoms with Gasteiger partial charge >= 0.3 is 0 Å². The Hall–Kier alpha value is -0.570. The summed E-state index contributed by atoms with van der Waals surface area (Å²) in [5, 5.41) is 0. The summed E-state index contributed by atoms with van der Waals surface area (Å²) < 4.78 is 0. The largest absolute Gasteiger partial charge is 0.338 e. The van der Waals surface area contributed by atoms with E-state index in [9.17, 15) is 4.79 Å². The normalized spacial score (nSPS) is 34.6. The molecular weight excluding hydrogens is 224 g/mol. The fraction of sp³-hybridized carbons (Fsp3) is 0.933. The summed E-state index contributed by atoms with van der Waals surface area (Å²) in [5.41, 5.74) is 0. The number of carbonyl (C=O) groups is 1. The molecule has 0 N–H and O–H groups in total. The molecule has 1 saturated carbocycles. The lowest BCUT2D eigenvalue weighted by molar-refractivity contribution is -0.137. The van der Waals surface area contributed by atoms with E-state index in [0.29, 0.717) is 23.9 Å². The van der Waals surface area contributed by atoms with Crippen LogP contribution in [0.5, 0.6) is 0 Å². The topological polar surface area (TPSA) is 23.6 Å². The molecule has 18 heavy (non-hydrogen) atoms. The van der Waals surface area contributed by atoms with Gasteiger partial charge in [0.25, 0.3) is 0 Å². The maximum atomic E-state index is 12.6. The molecule has 2 atom stereocenters. The zero-order chi connectivity index (χ0) is 12.5. The fourth-order valence-corrected chi connectivity index (χ4v) is 4.30. The van der Waals surface area contributed by atoms with Crippen molar-refractivity contribution in [2.75, 3.05) is 20.1 Å². The quantitative estimate of drug-likeness (QED) is 0.750. The zero-order valence-electron chi connectivity index (χ0n) is 11.6. The third kappa shape index (κ3) is 2.18. The van der Waals surface area contributed by atoms with Crippen molar-refractivity contribution in [1.29, 1.82) is 0 Å². The Morgan fingerprint density at radius 1 is 0.889 bits per heavy atom. The van der Waals surface area contributed by atoms with E-state index in [1.165, 1.54) is 45.1 Å². The van der Waals surface area contributed by atoms with Crippen molar-refractivity contribution in [3.05, 3.63) is 0 Å². The number of likely N-dealkylation sites (tertiary alicyclic amines) is 2. The van der Waals surface area contributed by atoms with Crippen LogP contribution in [0.15, 0.2) is 0 Å². The molecule has 0 aromatic rings. The molecule has 3 fully saturated rings. The van der Waals surface area contributed by atoms with Crippen LogP contribution < -0.4 is 0 Å². The highest BCUT2D eigenvalue weighted by atomic mass is 16.2. The van der Waals surface area contributed by atoms with E-state index in [1.54, 1.807) is 0 Å². The van der Waals surface area contributed by atoms with Crippen molar-refractivity contribution >= 4 is 5.91 Å². The third-order valence-electron chi connectivity index (χ3n) is 5.31. The molecule has 3 aliphatic rings. The van der Waals surface area contributed by atoms with Gasteiger partial charge in [-0.15, -0.1) is 0 Å². The third-order valence-corrected chi connectivity index (χ3v) is 5.31. The highest BCUT2D eigenvalue weighted by Gasteiger charge is 2.40. The number of nitrogens with zero attached hydrogens (tertiary/aromatic N) is 2. The standard InChI is InChI=1S/C15H26N2O/c1-16-10-4-8-13(16)14-9-5-11-17(14)15(18)12-6-2-3-7-12/h12-14H,2-11H2,1H3/t13-,14-/m1/s1. The Morgan fingerprint density at radius 3 is 2.22 bits per heavy atom. The van der Waals surface area contributed by atoms with Crippen LogP contribution in [-0.4, -0.2) is 47.9 Å². The summed E-state index contributed by atoms with van der Waals surface area (Å²) >= 11 is 0. The number of hydrogen-bond acceptors (Lipinski definition) is 2. The van der Waals surface area contributed by atoms with E-state index in [-0.39, 0.29) is 0 Å². The lowest BCUT2D eigenvalue weighted by atomic mass is 10.0. The van der Waals surface area contributed by atoms with Gasteiger partial charge in [-0.2, -0.15) is 0 Å². The van der Waals surface area contributed by atoms with E-state index in [2.05, 4.69) is 16.8 Å². The maximum Gasteiger partial charge on any atom is 0.225 e. The summed E-state index contributed by atoms with van der Waals surface area (Å²) in [5.74, 6) is 0.840. The number of amides is 1.